The second kappa shape index (κ2) is 15.7. The van der Waals surface area contributed by atoms with Crippen molar-refractivity contribution in [2.24, 2.45) is 0 Å². The Bertz CT molecular complexity index is 1330. The van der Waals surface area contributed by atoms with E-state index in [0.717, 1.165) is 16.4 Å². The van der Waals surface area contributed by atoms with Crippen molar-refractivity contribution in [1.82, 2.24) is 20.6 Å². The number of nitrogens with one attached hydrogen (secondary N) is 2. The number of pyridine rings is 2. The Labute approximate surface area is 294 Å². The molecule has 1 aromatic carbocycles. The number of hydrogen-bond acceptors (Lipinski definition) is 8. The van der Waals surface area contributed by atoms with Gasteiger partial charge < -0.3 is 39.9 Å². The van der Waals surface area contributed by atoms with E-state index in [9.17, 15) is 28.2 Å². The van der Waals surface area contributed by atoms with E-state index in [4.69, 9.17) is 0 Å². The molecular weight excluding hydrogens is 558 g/mol. The van der Waals surface area contributed by atoms with Crippen LogP contribution >= 0.6 is 10.8 Å². The molecule has 2 aromatic heterocycles. The van der Waals surface area contributed by atoms with Crippen molar-refractivity contribution in [2.75, 3.05) is 16.6 Å². The number of carbonyl (C=O) groups excluding carboxylic acids is 2. The number of benzene rings is 1. The van der Waals surface area contributed by atoms with Crippen molar-refractivity contribution < 1.29 is 117 Å². The summed E-state index contributed by atoms with van der Waals surface area (Å²) in [5, 5.41) is 18.5. The molecule has 15 heteroatoms. The molecule has 0 saturated carbocycles. The predicted molar refractivity (Wildman–Crippen MR) is 130 cm³/mol. The zero-order valence-corrected chi connectivity index (χ0v) is 29.6. The van der Waals surface area contributed by atoms with E-state index in [0.29, 0.717) is 18.4 Å². The Morgan fingerprint density at radius 2 is 1.85 bits per heavy atom. The number of rotatable bonds is 6. The normalized spacial score (nSPS) is 14.9. The van der Waals surface area contributed by atoms with Gasteiger partial charge in [-0.1, -0.05) is 6.07 Å². The van der Waals surface area contributed by atoms with Crippen LogP contribution < -0.4 is 109 Å². The third-order valence-corrected chi connectivity index (χ3v) is 7.50. The molecule has 0 atom stereocenters. The van der Waals surface area contributed by atoms with Crippen LogP contribution in [0.3, 0.4) is 0 Å². The summed E-state index contributed by atoms with van der Waals surface area (Å²) in [6.07, 6.45) is 2.49. The van der Waals surface area contributed by atoms with E-state index in [1.807, 2.05) is 0 Å². The van der Waals surface area contributed by atoms with Gasteiger partial charge in [-0.25, -0.2) is 9.37 Å². The Hall–Kier alpha value is -0.480. The van der Waals surface area contributed by atoms with Gasteiger partial charge in [-0.05, 0) is 68.0 Å². The summed E-state index contributed by atoms with van der Waals surface area (Å²) in [6.45, 7) is 3.49. The quantitative estimate of drug-likeness (QED) is 0.272. The van der Waals surface area contributed by atoms with E-state index >= 15 is 0 Å². The van der Waals surface area contributed by atoms with E-state index in [-0.39, 0.29) is 136 Å². The molecule has 3 heterocycles. The average molecular weight is 584 g/mol. The Kier molecular flexibility index (Phi) is 14.7. The van der Waals surface area contributed by atoms with E-state index in [2.05, 4.69) is 20.6 Å². The Balaban J connectivity index is 0.00000253. The Morgan fingerprint density at radius 1 is 1.13 bits per heavy atom. The Morgan fingerprint density at radius 3 is 2.51 bits per heavy atom. The number of sulfonamides is 1. The molecule has 2 N–H and O–H groups in total. The van der Waals surface area contributed by atoms with Crippen LogP contribution in [-0.4, -0.2) is 49.2 Å². The van der Waals surface area contributed by atoms with Crippen LogP contribution in [0.1, 0.15) is 53.1 Å². The smallest absolute Gasteiger partial charge is 0.869 e. The predicted octanol–water partition coefficient (Wildman–Crippen LogP) is -6.50. The fraction of sp³-hybridized carbons (Fsp3) is 0.333. The number of carbonyl (C=O) groups is 2. The van der Waals surface area contributed by atoms with E-state index < -0.39 is 39.9 Å². The van der Waals surface area contributed by atoms with E-state index in [1.165, 1.54) is 18.3 Å². The molecule has 1 saturated heterocycles. The van der Waals surface area contributed by atoms with Crippen molar-refractivity contribution in [2.45, 2.75) is 39.3 Å². The first-order chi connectivity index (χ1) is 17.1. The monoisotopic (exact) mass is 583 g/mol. The van der Waals surface area contributed by atoms with Gasteiger partial charge in [-0.3, -0.25) is 14.6 Å². The molecule has 1 aliphatic rings. The molecule has 0 aliphatic carbocycles. The summed E-state index contributed by atoms with van der Waals surface area (Å²) in [4.78, 5) is 33.8. The zero-order chi connectivity index (χ0) is 26.0. The summed E-state index contributed by atoms with van der Waals surface area (Å²) < 4.78 is 40.4. The molecule has 4 rings (SSSR count). The second-order valence-corrected chi connectivity index (χ2v) is 10.7. The molecule has 0 unspecified atom stereocenters. The number of anilines is 1. The van der Waals surface area contributed by atoms with Crippen LogP contribution in [-0.2, 0) is 6.54 Å². The van der Waals surface area contributed by atoms with Gasteiger partial charge in [-0.2, -0.15) is 0 Å². The maximum Gasteiger partial charge on any atom is 1.00 e. The first kappa shape index (κ1) is 36.5. The number of halogens is 1. The molecule has 0 radical (unpaired) electrons. The maximum absolute atomic E-state index is 13.8. The minimum atomic E-state index is -3.68. The molecule has 39 heavy (non-hydrogen) atoms. The molecule has 2 amide bonds. The van der Waals surface area contributed by atoms with Gasteiger partial charge in [-0.15, -0.1) is 0 Å². The number of amides is 2. The largest absolute Gasteiger partial charge is 1.00 e. The first-order valence-corrected chi connectivity index (χ1v) is 13.0. The molecule has 10 nitrogen and oxygen atoms in total. The SMILES string of the molecule is CC(C)NC(=O)c1cc(F)ccc1CNC(=O)c1nc(N2CCCCS2([O-])[O-])c2cccnc2c1[O-].[Na+].[Na+].[Na+]. The summed E-state index contributed by atoms with van der Waals surface area (Å²) in [5.41, 5.74) is -0.229. The topological polar surface area (TPSA) is 156 Å². The first-order valence-electron chi connectivity index (χ1n) is 11.4. The minimum absolute atomic E-state index is 0. The summed E-state index contributed by atoms with van der Waals surface area (Å²) in [5.74, 6) is -2.84. The van der Waals surface area contributed by atoms with Crippen LogP contribution in [0.2, 0.25) is 0 Å². The molecule has 1 fully saturated rings. The van der Waals surface area contributed by atoms with Crippen LogP contribution in [0.25, 0.3) is 10.9 Å². The molecule has 0 bridgehead atoms. The van der Waals surface area contributed by atoms with E-state index in [1.54, 1.807) is 19.9 Å². The number of nitrogens with zero attached hydrogens (tertiary/aromatic N) is 3. The molecule has 3 aromatic rings. The maximum atomic E-state index is 13.8. The van der Waals surface area contributed by atoms with Crippen LogP contribution in [0.4, 0.5) is 10.2 Å². The van der Waals surface area contributed by atoms with Gasteiger partial charge in [0.05, 0.1) is 5.52 Å². The fourth-order valence-electron chi connectivity index (χ4n) is 3.98. The van der Waals surface area contributed by atoms with Crippen LogP contribution in [0, 0.1) is 5.82 Å². The van der Waals surface area contributed by atoms with Gasteiger partial charge in [0, 0.05) is 36.3 Å². The molecule has 192 valence electrons. The van der Waals surface area contributed by atoms with Crippen molar-refractivity contribution in [1.29, 1.82) is 0 Å². The van der Waals surface area contributed by atoms with Gasteiger partial charge in [0.25, 0.3) is 11.8 Å². The van der Waals surface area contributed by atoms with Crippen LogP contribution in [0.5, 0.6) is 5.75 Å². The van der Waals surface area contributed by atoms with Crippen molar-refractivity contribution in [3.8, 4) is 5.75 Å². The second-order valence-electron chi connectivity index (χ2n) is 8.72. The standard InChI is InChI=1S/C24H28FN5O5S.3Na/c1-14(2)28-23(32)18-12-16(25)8-7-15(18)13-27-24(33)20-21(31)19-17(6-5-9-26-19)22(29-20)30-10-3-4-11-36(30,34)35;;;/h5-9,12,14,31,34-35H,3-4,10-11,13H2,1-2H3,(H,27,33)(H,28,32);;;/q;3*+1/p-3. The number of fused-ring (bicyclic) bond motifs is 1. The van der Waals surface area contributed by atoms with Gasteiger partial charge in [0.1, 0.15) is 11.5 Å². The summed E-state index contributed by atoms with van der Waals surface area (Å²) in [7, 11) is -3.68. The van der Waals surface area contributed by atoms with Crippen molar-refractivity contribution in [3.05, 3.63) is 59.2 Å². The van der Waals surface area contributed by atoms with Gasteiger partial charge in [0.15, 0.2) is 5.82 Å². The van der Waals surface area contributed by atoms with Gasteiger partial charge >= 0.3 is 88.7 Å². The molecular formula is C24H25FN5Na3O5S. The number of hydrogen-bond donors (Lipinski definition) is 2. The van der Waals surface area contributed by atoms with Crippen molar-refractivity contribution in [3.63, 3.8) is 0 Å². The summed E-state index contributed by atoms with van der Waals surface area (Å²) >= 11 is 0. The number of aromatic nitrogens is 2. The third kappa shape index (κ3) is 8.52. The van der Waals surface area contributed by atoms with Crippen molar-refractivity contribution >= 4 is 39.3 Å². The summed E-state index contributed by atoms with van der Waals surface area (Å²) in [6, 6.07) is 6.49. The minimum Gasteiger partial charge on any atom is -0.869 e. The molecule has 1 aliphatic heterocycles. The fourth-order valence-corrected chi connectivity index (χ4v) is 5.58. The van der Waals surface area contributed by atoms with Gasteiger partial charge in [0.2, 0.25) is 0 Å². The zero-order valence-electron chi connectivity index (χ0n) is 22.7. The van der Waals surface area contributed by atoms with Crippen LogP contribution in [0.15, 0.2) is 36.5 Å². The average Bonchev–Trinajstić information content (AvgIpc) is 2.83. The third-order valence-electron chi connectivity index (χ3n) is 5.67. The molecule has 0 spiro atoms.